The predicted molar refractivity (Wildman–Crippen MR) is 65.4 cm³/mol. The van der Waals surface area contributed by atoms with E-state index in [1.807, 2.05) is 0 Å². The quantitative estimate of drug-likeness (QED) is 0.774. The first-order valence-corrected chi connectivity index (χ1v) is 5.57. The molecule has 0 atom stereocenters. The fourth-order valence-electron chi connectivity index (χ4n) is 1.64. The van der Waals surface area contributed by atoms with Gasteiger partial charge in [0.1, 0.15) is 12.4 Å². The minimum Gasteiger partial charge on any atom is -0.396 e. The molecule has 19 heavy (non-hydrogen) atoms. The number of nitrogens with zero attached hydrogens (tertiary/aromatic N) is 4. The first-order valence-electron chi connectivity index (χ1n) is 5.57. The highest BCUT2D eigenvalue weighted by Gasteiger charge is 2.09. The molecule has 96 valence electrons. The van der Waals surface area contributed by atoms with Gasteiger partial charge in [0.15, 0.2) is 0 Å². The predicted octanol–water partition coefficient (Wildman–Crippen LogP) is 1.70. The number of anilines is 1. The molecule has 0 saturated heterocycles. The third kappa shape index (κ3) is 2.44. The monoisotopic (exact) mass is 259 g/mol. The van der Waals surface area contributed by atoms with Crippen LogP contribution in [0.5, 0.6) is 0 Å². The summed E-state index contributed by atoms with van der Waals surface area (Å²) in [6.45, 7) is 0.339. The van der Waals surface area contributed by atoms with Crippen LogP contribution in [0, 0.1) is 5.82 Å². The highest BCUT2D eigenvalue weighted by molar-refractivity contribution is 5.53. The van der Waals surface area contributed by atoms with Gasteiger partial charge in [-0.2, -0.15) is 10.1 Å². The maximum Gasteiger partial charge on any atom is 0.248 e. The second-order valence-electron chi connectivity index (χ2n) is 3.99. The number of hydrogen-bond acceptors (Lipinski definition) is 5. The standard InChI is InChI=1S/C12H10FN5O/c13-9-3-1-8(2-4-9)12-16-11(19-17-12)7-18-6-10(14)5-15-18/h1-6H,7,14H2. The van der Waals surface area contributed by atoms with E-state index in [0.717, 1.165) is 0 Å². The molecule has 0 saturated carbocycles. The Morgan fingerprint density at radius 2 is 2.05 bits per heavy atom. The van der Waals surface area contributed by atoms with Gasteiger partial charge in [-0.3, -0.25) is 4.68 Å². The lowest BCUT2D eigenvalue weighted by atomic mass is 10.2. The molecular formula is C12H10FN5O. The molecule has 2 heterocycles. The number of halogens is 1. The van der Waals surface area contributed by atoms with Gasteiger partial charge in [0, 0.05) is 11.8 Å². The number of rotatable bonds is 3. The average molecular weight is 259 g/mol. The van der Waals surface area contributed by atoms with Crippen molar-refractivity contribution in [3.05, 3.63) is 48.4 Å². The van der Waals surface area contributed by atoms with Gasteiger partial charge >= 0.3 is 0 Å². The molecule has 0 fully saturated rings. The zero-order chi connectivity index (χ0) is 13.2. The number of nitrogen functional groups attached to an aromatic ring is 1. The molecule has 0 aliphatic carbocycles. The smallest absolute Gasteiger partial charge is 0.248 e. The van der Waals surface area contributed by atoms with Crippen molar-refractivity contribution in [3.8, 4) is 11.4 Å². The van der Waals surface area contributed by atoms with Crippen molar-refractivity contribution in [2.45, 2.75) is 6.54 Å². The largest absolute Gasteiger partial charge is 0.396 e. The minimum absolute atomic E-state index is 0.306. The first kappa shape index (κ1) is 11.4. The van der Waals surface area contributed by atoms with Crippen LogP contribution in [0.25, 0.3) is 11.4 Å². The van der Waals surface area contributed by atoms with Gasteiger partial charge in [0.05, 0.1) is 11.9 Å². The fraction of sp³-hybridized carbons (Fsp3) is 0.0833. The highest BCUT2D eigenvalue weighted by Crippen LogP contribution is 2.16. The Kier molecular flexibility index (Phi) is 2.71. The minimum atomic E-state index is -0.306. The first-order chi connectivity index (χ1) is 9.20. The normalized spacial score (nSPS) is 10.8. The maximum atomic E-state index is 12.8. The summed E-state index contributed by atoms with van der Waals surface area (Å²) in [6.07, 6.45) is 3.21. The Labute approximate surface area is 107 Å². The molecule has 0 spiro atoms. The van der Waals surface area contributed by atoms with Crippen LogP contribution in [0.2, 0.25) is 0 Å². The molecule has 2 aromatic heterocycles. The second-order valence-corrected chi connectivity index (χ2v) is 3.99. The van der Waals surface area contributed by atoms with Crippen molar-refractivity contribution in [1.29, 1.82) is 0 Å². The zero-order valence-corrected chi connectivity index (χ0v) is 9.82. The molecule has 3 aromatic rings. The summed E-state index contributed by atoms with van der Waals surface area (Å²) in [5.41, 5.74) is 6.82. The Hall–Kier alpha value is -2.70. The molecule has 6 nitrogen and oxygen atoms in total. The third-order valence-electron chi connectivity index (χ3n) is 2.52. The van der Waals surface area contributed by atoms with E-state index in [1.165, 1.54) is 18.3 Å². The molecule has 3 rings (SSSR count). The number of aromatic nitrogens is 4. The van der Waals surface area contributed by atoms with Crippen LogP contribution in [0.4, 0.5) is 10.1 Å². The summed E-state index contributed by atoms with van der Waals surface area (Å²) in [7, 11) is 0. The van der Waals surface area contributed by atoms with Crippen molar-refractivity contribution in [3.63, 3.8) is 0 Å². The number of benzene rings is 1. The van der Waals surface area contributed by atoms with Crippen LogP contribution in [-0.4, -0.2) is 19.9 Å². The summed E-state index contributed by atoms with van der Waals surface area (Å²) in [6, 6.07) is 5.88. The molecule has 0 unspecified atom stereocenters. The summed E-state index contributed by atoms with van der Waals surface area (Å²) in [5, 5.41) is 7.86. The van der Waals surface area contributed by atoms with Gasteiger partial charge < -0.3 is 10.3 Å². The van der Waals surface area contributed by atoms with Gasteiger partial charge in [-0.15, -0.1) is 0 Å². The Bertz CT molecular complexity index is 688. The lowest BCUT2D eigenvalue weighted by Crippen LogP contribution is -2.00. The van der Waals surface area contributed by atoms with Crippen LogP contribution in [0.15, 0.2) is 41.2 Å². The summed E-state index contributed by atoms with van der Waals surface area (Å²) < 4.78 is 19.5. The molecule has 0 aliphatic rings. The summed E-state index contributed by atoms with van der Waals surface area (Å²) in [4.78, 5) is 4.21. The van der Waals surface area contributed by atoms with Gasteiger partial charge in [0.2, 0.25) is 11.7 Å². The van der Waals surface area contributed by atoms with E-state index in [2.05, 4.69) is 15.2 Å². The van der Waals surface area contributed by atoms with Crippen LogP contribution in [0.3, 0.4) is 0 Å². The van der Waals surface area contributed by atoms with E-state index in [0.29, 0.717) is 29.5 Å². The van der Waals surface area contributed by atoms with Crippen LogP contribution < -0.4 is 5.73 Å². The van der Waals surface area contributed by atoms with Gasteiger partial charge in [-0.25, -0.2) is 4.39 Å². The van der Waals surface area contributed by atoms with Gasteiger partial charge in [-0.05, 0) is 24.3 Å². The molecule has 0 radical (unpaired) electrons. The van der Waals surface area contributed by atoms with Crippen molar-refractivity contribution in [1.82, 2.24) is 19.9 Å². The van der Waals surface area contributed by atoms with Crippen molar-refractivity contribution >= 4 is 5.69 Å². The molecule has 0 amide bonds. The Balaban J connectivity index is 1.81. The Morgan fingerprint density at radius 1 is 1.26 bits per heavy atom. The summed E-state index contributed by atoms with van der Waals surface area (Å²) >= 11 is 0. The van der Waals surface area contributed by atoms with Crippen LogP contribution >= 0.6 is 0 Å². The van der Waals surface area contributed by atoms with Crippen molar-refractivity contribution in [2.75, 3.05) is 5.73 Å². The van der Waals surface area contributed by atoms with Crippen molar-refractivity contribution < 1.29 is 8.91 Å². The average Bonchev–Trinajstić information content (AvgIpc) is 3.00. The third-order valence-corrected chi connectivity index (χ3v) is 2.52. The lowest BCUT2D eigenvalue weighted by molar-refractivity contribution is 0.366. The number of nitrogens with two attached hydrogens (primary N) is 1. The number of hydrogen-bond donors (Lipinski definition) is 1. The van der Waals surface area contributed by atoms with E-state index in [-0.39, 0.29) is 5.82 Å². The van der Waals surface area contributed by atoms with Crippen LogP contribution in [0.1, 0.15) is 5.89 Å². The summed E-state index contributed by atoms with van der Waals surface area (Å²) in [5.74, 6) is 0.511. The van der Waals surface area contributed by atoms with Crippen molar-refractivity contribution in [2.24, 2.45) is 0 Å². The van der Waals surface area contributed by atoms with E-state index in [1.54, 1.807) is 23.0 Å². The van der Waals surface area contributed by atoms with Gasteiger partial charge in [-0.1, -0.05) is 5.16 Å². The fourth-order valence-corrected chi connectivity index (χ4v) is 1.64. The van der Waals surface area contributed by atoms with E-state index >= 15 is 0 Å². The van der Waals surface area contributed by atoms with E-state index in [4.69, 9.17) is 10.3 Å². The lowest BCUT2D eigenvalue weighted by Gasteiger charge is -1.94. The maximum absolute atomic E-state index is 12.8. The molecular weight excluding hydrogens is 249 g/mol. The molecule has 7 heteroatoms. The topological polar surface area (TPSA) is 82.8 Å². The highest BCUT2D eigenvalue weighted by atomic mass is 19.1. The SMILES string of the molecule is Nc1cnn(Cc2nc(-c3ccc(F)cc3)no2)c1. The molecule has 2 N–H and O–H groups in total. The molecule has 0 aliphatic heterocycles. The Morgan fingerprint density at radius 3 is 2.74 bits per heavy atom. The molecule has 0 bridgehead atoms. The zero-order valence-electron chi connectivity index (χ0n) is 9.82. The van der Waals surface area contributed by atoms with Crippen LogP contribution in [-0.2, 0) is 6.54 Å². The van der Waals surface area contributed by atoms with Gasteiger partial charge in [0.25, 0.3) is 0 Å². The molecule has 1 aromatic carbocycles. The van der Waals surface area contributed by atoms with E-state index in [9.17, 15) is 4.39 Å². The second kappa shape index (κ2) is 4.52. The van der Waals surface area contributed by atoms with E-state index < -0.39 is 0 Å².